The van der Waals surface area contributed by atoms with Crippen molar-refractivity contribution in [1.29, 1.82) is 0 Å². The van der Waals surface area contributed by atoms with Crippen LogP contribution in [0.1, 0.15) is 25.7 Å². The maximum atomic E-state index is 12.4. The van der Waals surface area contributed by atoms with Gasteiger partial charge in [0.2, 0.25) is 5.91 Å². The van der Waals surface area contributed by atoms with Gasteiger partial charge in [0, 0.05) is 5.38 Å². The summed E-state index contributed by atoms with van der Waals surface area (Å²) in [6, 6.07) is 3.93. The lowest BCUT2D eigenvalue weighted by Crippen LogP contribution is -2.36. The normalized spacial score (nSPS) is 21.5. The Morgan fingerprint density at radius 2 is 2.00 bits per heavy atom. The van der Waals surface area contributed by atoms with Crippen molar-refractivity contribution in [1.82, 2.24) is 4.98 Å². The maximum absolute atomic E-state index is 12.4. The number of amides is 1. The zero-order chi connectivity index (χ0) is 15.5. The lowest BCUT2D eigenvalue weighted by atomic mass is 9.79. The minimum atomic E-state index is -0.877. The van der Waals surface area contributed by atoms with Crippen LogP contribution < -0.4 is 5.32 Å². The molecule has 0 unspecified atom stereocenters. The van der Waals surface area contributed by atoms with Crippen molar-refractivity contribution in [3.63, 3.8) is 0 Å². The van der Waals surface area contributed by atoms with E-state index < -0.39 is 17.8 Å². The molecule has 2 aromatic heterocycles. The number of carbonyl (C=O) groups is 2. The third-order valence-corrected chi connectivity index (χ3v) is 5.58. The number of carboxylic acids is 1. The van der Waals surface area contributed by atoms with E-state index in [0.29, 0.717) is 18.0 Å². The summed E-state index contributed by atoms with van der Waals surface area (Å²) in [4.78, 5) is 29.1. The van der Waals surface area contributed by atoms with Gasteiger partial charge in [0.1, 0.15) is 0 Å². The van der Waals surface area contributed by atoms with E-state index in [4.69, 9.17) is 0 Å². The molecule has 2 heterocycles. The number of hydrogen-bond donors (Lipinski definition) is 2. The number of nitrogens with zero attached hydrogens (tertiary/aromatic N) is 1. The zero-order valence-corrected chi connectivity index (χ0v) is 13.5. The molecular formula is C15H16N2O3S2. The number of carboxylic acid groups (broad SMARTS) is 1. The molecule has 1 aliphatic rings. The summed E-state index contributed by atoms with van der Waals surface area (Å²) >= 11 is 2.96. The second-order valence-electron chi connectivity index (χ2n) is 5.34. The lowest BCUT2D eigenvalue weighted by Gasteiger charge is -2.26. The van der Waals surface area contributed by atoms with Crippen molar-refractivity contribution >= 4 is 39.7 Å². The van der Waals surface area contributed by atoms with Crippen molar-refractivity contribution in [3.05, 3.63) is 22.9 Å². The summed E-state index contributed by atoms with van der Waals surface area (Å²) in [5.74, 6) is -2.14. The van der Waals surface area contributed by atoms with E-state index in [1.54, 1.807) is 11.3 Å². The molecule has 5 nitrogen and oxygen atoms in total. The van der Waals surface area contributed by atoms with Crippen LogP contribution in [0.15, 0.2) is 22.9 Å². The Labute approximate surface area is 136 Å². The van der Waals surface area contributed by atoms with E-state index in [0.717, 1.165) is 23.4 Å². The molecule has 1 saturated carbocycles. The first-order chi connectivity index (χ1) is 10.6. The SMILES string of the molecule is O=C(O)[C@@H]1CCCC[C@H]1C(=O)Nc1nc(-c2cccs2)cs1. The first-order valence-corrected chi connectivity index (χ1v) is 8.94. The number of hydrogen-bond acceptors (Lipinski definition) is 5. The molecule has 0 saturated heterocycles. The highest BCUT2D eigenvalue weighted by molar-refractivity contribution is 7.16. The monoisotopic (exact) mass is 336 g/mol. The van der Waals surface area contributed by atoms with Gasteiger partial charge in [-0.05, 0) is 24.3 Å². The predicted octanol–water partition coefficient (Wildman–Crippen LogP) is 3.70. The van der Waals surface area contributed by atoms with Gasteiger partial charge in [0.25, 0.3) is 0 Å². The average molecular weight is 336 g/mol. The number of rotatable bonds is 4. The molecule has 2 N–H and O–H groups in total. The molecule has 3 rings (SSSR count). The van der Waals surface area contributed by atoms with E-state index in [2.05, 4.69) is 10.3 Å². The van der Waals surface area contributed by atoms with Gasteiger partial charge in [-0.1, -0.05) is 18.9 Å². The molecule has 7 heteroatoms. The second-order valence-corrected chi connectivity index (χ2v) is 7.15. The van der Waals surface area contributed by atoms with Crippen LogP contribution in [-0.4, -0.2) is 22.0 Å². The first-order valence-electron chi connectivity index (χ1n) is 7.18. The van der Waals surface area contributed by atoms with Crippen LogP contribution in [0.25, 0.3) is 10.6 Å². The van der Waals surface area contributed by atoms with Crippen LogP contribution in [0, 0.1) is 11.8 Å². The Morgan fingerprint density at radius 3 is 2.68 bits per heavy atom. The van der Waals surface area contributed by atoms with Crippen molar-refractivity contribution in [3.8, 4) is 10.6 Å². The minimum Gasteiger partial charge on any atom is -0.481 e. The zero-order valence-electron chi connectivity index (χ0n) is 11.8. The molecule has 116 valence electrons. The summed E-state index contributed by atoms with van der Waals surface area (Å²) < 4.78 is 0. The Balaban J connectivity index is 1.70. The second kappa shape index (κ2) is 6.58. The fraction of sp³-hybridized carbons (Fsp3) is 0.400. The molecule has 2 atom stereocenters. The van der Waals surface area contributed by atoms with Gasteiger partial charge in [-0.25, -0.2) is 4.98 Å². The molecule has 2 aromatic rings. The standard InChI is InChI=1S/C15H16N2O3S2/c18-13(9-4-1-2-5-10(9)14(19)20)17-15-16-11(8-22-15)12-6-3-7-21-12/h3,6-10H,1-2,4-5H2,(H,19,20)(H,16,17,18)/t9-,10-/m1/s1. The van der Waals surface area contributed by atoms with Gasteiger partial charge in [-0.2, -0.15) is 0 Å². The van der Waals surface area contributed by atoms with Crippen molar-refractivity contribution in [2.45, 2.75) is 25.7 Å². The number of anilines is 1. The maximum Gasteiger partial charge on any atom is 0.307 e. The lowest BCUT2D eigenvalue weighted by molar-refractivity contribution is -0.147. The quantitative estimate of drug-likeness (QED) is 0.892. The molecule has 0 spiro atoms. The predicted molar refractivity (Wildman–Crippen MR) is 87.1 cm³/mol. The number of aliphatic carboxylic acids is 1. The Bertz CT molecular complexity index is 666. The summed E-state index contributed by atoms with van der Waals surface area (Å²) in [5.41, 5.74) is 0.841. The molecule has 0 aliphatic heterocycles. The van der Waals surface area contributed by atoms with Crippen LogP contribution in [0.5, 0.6) is 0 Å². The fourth-order valence-electron chi connectivity index (χ4n) is 2.81. The number of aromatic nitrogens is 1. The minimum absolute atomic E-state index is 0.223. The van der Waals surface area contributed by atoms with E-state index in [1.165, 1.54) is 11.3 Å². The van der Waals surface area contributed by atoms with Crippen molar-refractivity contribution in [2.75, 3.05) is 5.32 Å². The number of nitrogens with one attached hydrogen (secondary N) is 1. The molecule has 1 fully saturated rings. The topological polar surface area (TPSA) is 79.3 Å². The van der Waals surface area contributed by atoms with E-state index in [-0.39, 0.29) is 5.91 Å². The Hall–Kier alpha value is -1.73. The molecule has 1 aliphatic carbocycles. The van der Waals surface area contributed by atoms with Crippen LogP contribution in [0.3, 0.4) is 0 Å². The number of thiophene rings is 1. The molecule has 0 aromatic carbocycles. The van der Waals surface area contributed by atoms with Gasteiger partial charge in [-0.3, -0.25) is 9.59 Å². The Kier molecular flexibility index (Phi) is 4.54. The van der Waals surface area contributed by atoms with Gasteiger partial charge >= 0.3 is 5.97 Å². The molecule has 22 heavy (non-hydrogen) atoms. The third kappa shape index (κ3) is 3.20. The summed E-state index contributed by atoms with van der Waals surface area (Å²) in [5, 5.41) is 16.5. The van der Waals surface area contributed by atoms with Gasteiger partial charge in [0.15, 0.2) is 5.13 Å². The van der Waals surface area contributed by atoms with Crippen molar-refractivity contribution < 1.29 is 14.7 Å². The third-order valence-electron chi connectivity index (χ3n) is 3.93. The average Bonchev–Trinajstić information content (AvgIpc) is 3.17. The highest BCUT2D eigenvalue weighted by atomic mass is 32.1. The first kappa shape index (κ1) is 15.2. The fourth-order valence-corrected chi connectivity index (χ4v) is 4.28. The smallest absolute Gasteiger partial charge is 0.307 e. The molecule has 1 amide bonds. The van der Waals surface area contributed by atoms with Crippen molar-refractivity contribution in [2.24, 2.45) is 11.8 Å². The molecule has 0 radical (unpaired) electrons. The van der Waals surface area contributed by atoms with E-state index >= 15 is 0 Å². The molecular weight excluding hydrogens is 320 g/mol. The molecule has 0 bridgehead atoms. The van der Waals surface area contributed by atoms with E-state index in [1.807, 2.05) is 22.9 Å². The summed E-state index contributed by atoms with van der Waals surface area (Å²) in [6.45, 7) is 0. The number of thiazole rings is 1. The van der Waals surface area contributed by atoms with Crippen LogP contribution >= 0.6 is 22.7 Å². The van der Waals surface area contributed by atoms with Crippen LogP contribution in [0.2, 0.25) is 0 Å². The van der Waals surface area contributed by atoms with Crippen LogP contribution in [-0.2, 0) is 9.59 Å². The summed E-state index contributed by atoms with van der Waals surface area (Å²) in [6.07, 6.45) is 2.98. The number of carbonyl (C=O) groups excluding carboxylic acids is 1. The van der Waals surface area contributed by atoms with Crippen LogP contribution in [0.4, 0.5) is 5.13 Å². The highest BCUT2D eigenvalue weighted by Crippen LogP contribution is 2.33. The highest BCUT2D eigenvalue weighted by Gasteiger charge is 2.35. The summed E-state index contributed by atoms with van der Waals surface area (Å²) in [7, 11) is 0. The largest absolute Gasteiger partial charge is 0.481 e. The van der Waals surface area contributed by atoms with E-state index in [9.17, 15) is 14.7 Å². The van der Waals surface area contributed by atoms with Gasteiger partial charge in [0.05, 0.1) is 22.4 Å². The van der Waals surface area contributed by atoms with Gasteiger partial charge in [-0.15, -0.1) is 22.7 Å². The van der Waals surface area contributed by atoms with Gasteiger partial charge < -0.3 is 10.4 Å². The Morgan fingerprint density at radius 1 is 1.23 bits per heavy atom.